The van der Waals surface area contributed by atoms with E-state index in [0.717, 1.165) is 31.7 Å². The minimum atomic E-state index is -0.0792. The van der Waals surface area contributed by atoms with Gasteiger partial charge in [0.15, 0.2) is 0 Å². The van der Waals surface area contributed by atoms with E-state index in [1.807, 2.05) is 0 Å². The molecule has 3 nitrogen and oxygen atoms in total. The number of nitrogens with zero attached hydrogens (tertiary/aromatic N) is 1. The van der Waals surface area contributed by atoms with Crippen LogP contribution in [-0.2, 0) is 6.54 Å². The van der Waals surface area contributed by atoms with Crippen molar-refractivity contribution in [3.05, 3.63) is 65.2 Å². The van der Waals surface area contributed by atoms with Crippen LogP contribution in [0.25, 0.3) is 0 Å². The Labute approximate surface area is 151 Å². The smallest absolute Gasteiger partial charge is 0.125 e. The van der Waals surface area contributed by atoms with E-state index in [9.17, 15) is 0 Å². The van der Waals surface area contributed by atoms with E-state index < -0.39 is 0 Å². The van der Waals surface area contributed by atoms with Crippen molar-refractivity contribution in [1.82, 2.24) is 10.2 Å². The van der Waals surface area contributed by atoms with E-state index in [1.54, 1.807) is 0 Å². The summed E-state index contributed by atoms with van der Waals surface area (Å²) in [5.74, 6) is 1.06. The Hall–Kier alpha value is -1.84. The summed E-state index contributed by atoms with van der Waals surface area (Å²) < 4.78 is 6.62. The van der Waals surface area contributed by atoms with E-state index in [2.05, 4.69) is 79.6 Å². The molecule has 132 valence electrons. The average Bonchev–Trinajstić information content (AvgIpc) is 2.90. The van der Waals surface area contributed by atoms with Crippen molar-refractivity contribution in [2.45, 2.75) is 50.9 Å². The normalized spacial score (nSPS) is 28.8. The molecule has 2 heterocycles. The summed E-state index contributed by atoms with van der Waals surface area (Å²) in [5.41, 5.74) is 3.90. The molecule has 0 aliphatic carbocycles. The Morgan fingerprint density at radius 3 is 2.72 bits per heavy atom. The van der Waals surface area contributed by atoms with E-state index in [4.69, 9.17) is 4.74 Å². The Kier molecular flexibility index (Phi) is 4.30. The first-order chi connectivity index (χ1) is 12.1. The van der Waals surface area contributed by atoms with Gasteiger partial charge in [0, 0.05) is 43.6 Å². The summed E-state index contributed by atoms with van der Waals surface area (Å²) in [6.07, 6.45) is 2.13. The zero-order valence-electron chi connectivity index (χ0n) is 15.5. The molecule has 2 aromatic carbocycles. The van der Waals surface area contributed by atoms with E-state index in [0.29, 0.717) is 12.1 Å². The van der Waals surface area contributed by atoms with E-state index in [-0.39, 0.29) is 5.60 Å². The third-order valence-corrected chi connectivity index (χ3v) is 5.80. The molecule has 1 spiro atoms. The van der Waals surface area contributed by atoms with Gasteiger partial charge in [-0.1, -0.05) is 48.0 Å². The Morgan fingerprint density at radius 1 is 1.16 bits per heavy atom. The highest BCUT2D eigenvalue weighted by Crippen LogP contribution is 2.45. The van der Waals surface area contributed by atoms with Crippen molar-refractivity contribution >= 4 is 0 Å². The van der Waals surface area contributed by atoms with Gasteiger partial charge in [-0.05, 0) is 32.5 Å². The van der Waals surface area contributed by atoms with E-state index in [1.165, 1.54) is 16.7 Å². The summed E-state index contributed by atoms with van der Waals surface area (Å²) in [6, 6.07) is 18.2. The van der Waals surface area contributed by atoms with Crippen LogP contribution < -0.4 is 10.1 Å². The highest BCUT2D eigenvalue weighted by Gasteiger charge is 2.48. The molecule has 1 fully saturated rings. The molecule has 0 aromatic heterocycles. The Balaban J connectivity index is 1.57. The van der Waals surface area contributed by atoms with Crippen molar-refractivity contribution < 1.29 is 4.74 Å². The molecule has 3 heteroatoms. The fraction of sp³-hybridized carbons (Fsp3) is 0.455. The monoisotopic (exact) mass is 336 g/mol. The molecule has 2 aromatic rings. The second kappa shape index (κ2) is 6.47. The van der Waals surface area contributed by atoms with Crippen LogP contribution in [0.3, 0.4) is 0 Å². The van der Waals surface area contributed by atoms with Gasteiger partial charge < -0.3 is 10.1 Å². The lowest BCUT2D eigenvalue weighted by molar-refractivity contribution is 0.0388. The number of likely N-dealkylation sites (tertiary alicyclic amines) is 1. The molecule has 1 saturated heterocycles. The largest absolute Gasteiger partial charge is 0.485 e. The number of benzene rings is 2. The van der Waals surface area contributed by atoms with Crippen LogP contribution in [-0.4, -0.2) is 30.1 Å². The zero-order chi connectivity index (χ0) is 17.4. The standard InChI is InChI=1S/C22H28N2O/c1-16-9-10-21-19(11-16)20(23-3)13-22(25-21)12-17(2)24(15-22)14-18-7-5-4-6-8-18/h4-11,17,20,23H,12-15H2,1-3H3. The number of hydrogen-bond acceptors (Lipinski definition) is 3. The van der Waals surface area contributed by atoms with Crippen LogP contribution in [0.5, 0.6) is 5.75 Å². The molecule has 3 unspecified atom stereocenters. The highest BCUT2D eigenvalue weighted by atomic mass is 16.5. The van der Waals surface area contributed by atoms with Crippen LogP contribution in [0.4, 0.5) is 0 Å². The van der Waals surface area contributed by atoms with Crippen molar-refractivity contribution in [1.29, 1.82) is 0 Å². The molecule has 25 heavy (non-hydrogen) atoms. The maximum absolute atomic E-state index is 6.62. The Bertz CT molecular complexity index is 745. The van der Waals surface area contributed by atoms with Crippen LogP contribution >= 0.6 is 0 Å². The Morgan fingerprint density at radius 2 is 1.96 bits per heavy atom. The molecular weight excluding hydrogens is 308 g/mol. The lowest BCUT2D eigenvalue weighted by Gasteiger charge is -2.40. The number of fused-ring (bicyclic) bond motifs is 1. The second-order valence-electron chi connectivity index (χ2n) is 7.82. The first-order valence-electron chi connectivity index (χ1n) is 9.33. The van der Waals surface area contributed by atoms with Gasteiger partial charge in [-0.25, -0.2) is 0 Å². The predicted octanol–water partition coefficient (Wildman–Crippen LogP) is 4.07. The lowest BCUT2D eigenvalue weighted by Crippen LogP contribution is -2.45. The minimum absolute atomic E-state index is 0.0792. The number of ether oxygens (including phenoxy) is 1. The third kappa shape index (κ3) is 3.19. The van der Waals surface area contributed by atoms with Gasteiger partial charge in [-0.3, -0.25) is 4.90 Å². The molecule has 2 aliphatic rings. The second-order valence-corrected chi connectivity index (χ2v) is 7.82. The molecule has 4 rings (SSSR count). The van der Waals surface area contributed by atoms with Gasteiger partial charge in [0.05, 0.1) is 0 Å². The molecule has 0 bridgehead atoms. The fourth-order valence-corrected chi connectivity index (χ4v) is 4.56. The van der Waals surface area contributed by atoms with Gasteiger partial charge in [-0.15, -0.1) is 0 Å². The highest BCUT2D eigenvalue weighted by molar-refractivity contribution is 5.42. The number of hydrogen-bond donors (Lipinski definition) is 1. The lowest BCUT2D eigenvalue weighted by atomic mass is 9.85. The predicted molar refractivity (Wildman–Crippen MR) is 102 cm³/mol. The minimum Gasteiger partial charge on any atom is -0.485 e. The number of rotatable bonds is 3. The van der Waals surface area contributed by atoms with Crippen molar-refractivity contribution in [3.8, 4) is 5.75 Å². The zero-order valence-corrected chi connectivity index (χ0v) is 15.5. The maximum Gasteiger partial charge on any atom is 0.125 e. The quantitative estimate of drug-likeness (QED) is 0.914. The summed E-state index contributed by atoms with van der Waals surface area (Å²) in [7, 11) is 2.07. The van der Waals surface area contributed by atoms with Gasteiger partial charge in [0.2, 0.25) is 0 Å². The van der Waals surface area contributed by atoms with Gasteiger partial charge in [0.1, 0.15) is 11.4 Å². The average molecular weight is 336 g/mol. The van der Waals surface area contributed by atoms with E-state index >= 15 is 0 Å². The summed E-state index contributed by atoms with van der Waals surface area (Å²) >= 11 is 0. The van der Waals surface area contributed by atoms with Crippen molar-refractivity contribution in [3.63, 3.8) is 0 Å². The molecule has 1 N–H and O–H groups in total. The topological polar surface area (TPSA) is 24.5 Å². The summed E-state index contributed by atoms with van der Waals surface area (Å²) in [6.45, 7) is 6.48. The fourth-order valence-electron chi connectivity index (χ4n) is 4.56. The molecular formula is C22H28N2O. The maximum atomic E-state index is 6.62. The van der Waals surface area contributed by atoms with Gasteiger partial charge in [-0.2, -0.15) is 0 Å². The molecule has 0 saturated carbocycles. The van der Waals surface area contributed by atoms with Crippen molar-refractivity contribution in [2.75, 3.05) is 13.6 Å². The summed E-state index contributed by atoms with van der Waals surface area (Å²) in [4.78, 5) is 2.57. The number of aryl methyl sites for hydroxylation is 1. The molecule has 0 amide bonds. The first kappa shape index (κ1) is 16.6. The first-order valence-corrected chi connectivity index (χ1v) is 9.33. The summed E-state index contributed by atoms with van der Waals surface area (Å²) in [5, 5.41) is 3.52. The van der Waals surface area contributed by atoms with Crippen LogP contribution in [0.2, 0.25) is 0 Å². The SMILES string of the molecule is CNC1CC2(CC(C)N(Cc3ccccc3)C2)Oc2ccc(C)cc21. The van der Waals surface area contributed by atoms with Crippen LogP contribution in [0.15, 0.2) is 48.5 Å². The molecule has 2 aliphatic heterocycles. The number of nitrogens with one attached hydrogen (secondary N) is 1. The third-order valence-electron chi connectivity index (χ3n) is 5.80. The van der Waals surface area contributed by atoms with Crippen molar-refractivity contribution in [2.24, 2.45) is 0 Å². The van der Waals surface area contributed by atoms with Gasteiger partial charge in [0.25, 0.3) is 0 Å². The molecule has 3 atom stereocenters. The van der Waals surface area contributed by atoms with Gasteiger partial charge >= 0.3 is 0 Å². The molecule has 0 radical (unpaired) electrons. The van der Waals surface area contributed by atoms with Crippen LogP contribution in [0, 0.1) is 6.92 Å². The van der Waals surface area contributed by atoms with Crippen LogP contribution in [0.1, 0.15) is 42.5 Å².